The second-order valence-electron chi connectivity index (χ2n) is 5.78. The van der Waals surface area contributed by atoms with E-state index in [4.69, 9.17) is 5.73 Å². The van der Waals surface area contributed by atoms with Crippen LogP contribution >= 0.6 is 0 Å². The third-order valence-electron chi connectivity index (χ3n) is 4.32. The lowest BCUT2D eigenvalue weighted by Gasteiger charge is -2.37. The van der Waals surface area contributed by atoms with E-state index < -0.39 is 5.82 Å². The van der Waals surface area contributed by atoms with Crippen LogP contribution in [-0.4, -0.2) is 47.9 Å². The first-order valence-electron chi connectivity index (χ1n) is 7.53. The number of piperazine rings is 1. The predicted octanol–water partition coefficient (Wildman–Crippen LogP) is 2.27. The molecule has 1 aromatic carbocycles. The minimum Gasteiger partial charge on any atom is -0.399 e. The highest BCUT2D eigenvalue weighted by Crippen LogP contribution is 2.20. The molecule has 2 rings (SSSR count). The van der Waals surface area contributed by atoms with Gasteiger partial charge in [0.2, 0.25) is 0 Å². The number of nitrogens with two attached hydrogens (primary N) is 1. The molecule has 1 heterocycles. The molecule has 1 aliphatic heterocycles. The van der Waals surface area contributed by atoms with E-state index in [2.05, 4.69) is 18.7 Å². The van der Waals surface area contributed by atoms with Gasteiger partial charge in [0.05, 0.1) is 5.56 Å². The summed E-state index contributed by atoms with van der Waals surface area (Å²) in [6, 6.07) is 3.51. The minimum atomic E-state index is -0.460. The summed E-state index contributed by atoms with van der Waals surface area (Å²) in [6.07, 6.45) is 1.09. The number of hydrogen-bond acceptors (Lipinski definition) is 3. The molecule has 1 fully saturated rings. The zero-order chi connectivity index (χ0) is 15.6. The Kier molecular flexibility index (Phi) is 4.83. The van der Waals surface area contributed by atoms with Crippen molar-refractivity contribution in [1.82, 2.24) is 9.80 Å². The predicted molar refractivity (Wildman–Crippen MR) is 82.8 cm³/mol. The highest BCUT2D eigenvalue weighted by atomic mass is 19.1. The zero-order valence-corrected chi connectivity index (χ0v) is 13.0. The highest BCUT2D eigenvalue weighted by Gasteiger charge is 2.26. The number of halogens is 1. The van der Waals surface area contributed by atoms with Gasteiger partial charge in [0, 0.05) is 37.9 Å². The first kappa shape index (κ1) is 15.8. The second kappa shape index (κ2) is 6.43. The Bertz CT molecular complexity index is 524. The Morgan fingerprint density at radius 1 is 1.33 bits per heavy atom. The summed E-state index contributed by atoms with van der Waals surface area (Å²) in [5.74, 6) is -0.717. The molecule has 5 heteroatoms. The van der Waals surface area contributed by atoms with E-state index in [-0.39, 0.29) is 11.5 Å². The Balaban J connectivity index is 2.09. The van der Waals surface area contributed by atoms with Crippen molar-refractivity contribution < 1.29 is 9.18 Å². The van der Waals surface area contributed by atoms with Gasteiger partial charge in [0.1, 0.15) is 5.82 Å². The zero-order valence-electron chi connectivity index (χ0n) is 13.0. The first-order chi connectivity index (χ1) is 9.93. The summed E-state index contributed by atoms with van der Waals surface area (Å²) in [6.45, 7) is 8.93. The van der Waals surface area contributed by atoms with E-state index >= 15 is 0 Å². The molecule has 0 aromatic heterocycles. The van der Waals surface area contributed by atoms with Crippen molar-refractivity contribution in [2.75, 3.05) is 31.9 Å². The summed E-state index contributed by atoms with van der Waals surface area (Å²) in [5, 5.41) is 0. The van der Waals surface area contributed by atoms with Crippen LogP contribution in [0.4, 0.5) is 10.1 Å². The van der Waals surface area contributed by atoms with Crippen LogP contribution in [0.15, 0.2) is 12.1 Å². The Hall–Kier alpha value is -1.62. The monoisotopic (exact) mass is 293 g/mol. The number of nitrogens with zero attached hydrogens (tertiary/aromatic N) is 2. The average molecular weight is 293 g/mol. The van der Waals surface area contributed by atoms with Gasteiger partial charge in [-0.2, -0.15) is 0 Å². The highest BCUT2D eigenvalue weighted by molar-refractivity contribution is 5.95. The SMILES string of the molecule is CCC(C)N1CCN(C(=O)c2cc(N)cc(C)c2F)CC1. The van der Waals surface area contributed by atoms with Gasteiger partial charge in [-0.15, -0.1) is 0 Å². The number of aryl methyl sites for hydroxylation is 1. The number of nitrogen functional groups attached to an aromatic ring is 1. The number of benzene rings is 1. The van der Waals surface area contributed by atoms with E-state index in [0.717, 1.165) is 19.5 Å². The van der Waals surface area contributed by atoms with Crippen LogP contribution in [0.1, 0.15) is 36.2 Å². The molecule has 1 atom stereocenters. The molecule has 0 spiro atoms. The number of hydrogen-bond donors (Lipinski definition) is 1. The van der Waals surface area contributed by atoms with Crippen molar-refractivity contribution in [3.8, 4) is 0 Å². The fourth-order valence-electron chi connectivity index (χ4n) is 2.75. The Morgan fingerprint density at radius 2 is 1.95 bits per heavy atom. The molecule has 1 aromatic rings. The standard InChI is InChI=1S/C16H24FN3O/c1-4-12(3)19-5-7-20(8-6-19)16(21)14-10-13(18)9-11(2)15(14)17/h9-10,12H,4-8,18H2,1-3H3. The maximum absolute atomic E-state index is 14.1. The summed E-state index contributed by atoms with van der Waals surface area (Å²) in [4.78, 5) is 16.6. The number of carbonyl (C=O) groups excluding carboxylic acids is 1. The second-order valence-corrected chi connectivity index (χ2v) is 5.78. The lowest BCUT2D eigenvalue weighted by molar-refractivity contribution is 0.0575. The summed E-state index contributed by atoms with van der Waals surface area (Å²) >= 11 is 0. The van der Waals surface area contributed by atoms with E-state index in [9.17, 15) is 9.18 Å². The van der Waals surface area contributed by atoms with E-state index in [1.165, 1.54) is 6.07 Å². The molecule has 1 aliphatic rings. The normalized spacial score (nSPS) is 17.8. The average Bonchev–Trinajstić information content (AvgIpc) is 2.49. The number of amides is 1. The minimum absolute atomic E-state index is 0.0875. The van der Waals surface area contributed by atoms with Gasteiger partial charge in [-0.1, -0.05) is 6.92 Å². The topological polar surface area (TPSA) is 49.6 Å². The van der Waals surface area contributed by atoms with Gasteiger partial charge in [-0.25, -0.2) is 4.39 Å². The van der Waals surface area contributed by atoms with Crippen molar-refractivity contribution in [3.63, 3.8) is 0 Å². The number of anilines is 1. The van der Waals surface area contributed by atoms with Gasteiger partial charge in [0.15, 0.2) is 0 Å². The van der Waals surface area contributed by atoms with Crippen LogP contribution < -0.4 is 5.73 Å². The van der Waals surface area contributed by atoms with Crippen molar-refractivity contribution in [1.29, 1.82) is 0 Å². The maximum Gasteiger partial charge on any atom is 0.257 e. The van der Waals surface area contributed by atoms with E-state index in [1.54, 1.807) is 17.9 Å². The Labute approximate surface area is 125 Å². The smallest absolute Gasteiger partial charge is 0.257 e. The lowest BCUT2D eigenvalue weighted by Crippen LogP contribution is -2.51. The maximum atomic E-state index is 14.1. The van der Waals surface area contributed by atoms with Gasteiger partial charge < -0.3 is 10.6 Å². The van der Waals surface area contributed by atoms with Crippen LogP contribution in [0.3, 0.4) is 0 Å². The molecule has 1 unspecified atom stereocenters. The summed E-state index contributed by atoms with van der Waals surface area (Å²) in [5.41, 5.74) is 6.66. The molecule has 0 saturated carbocycles. The van der Waals surface area contributed by atoms with E-state index in [1.807, 2.05) is 0 Å². The summed E-state index contributed by atoms with van der Waals surface area (Å²) < 4.78 is 14.1. The third-order valence-corrected chi connectivity index (χ3v) is 4.32. The molecule has 1 amide bonds. The van der Waals surface area contributed by atoms with Crippen LogP contribution in [0, 0.1) is 12.7 Å². The van der Waals surface area contributed by atoms with Gasteiger partial charge in [-0.3, -0.25) is 9.69 Å². The molecule has 116 valence electrons. The van der Waals surface area contributed by atoms with Crippen molar-refractivity contribution >= 4 is 11.6 Å². The van der Waals surface area contributed by atoms with Crippen LogP contribution in [0.2, 0.25) is 0 Å². The van der Waals surface area contributed by atoms with Crippen molar-refractivity contribution in [2.45, 2.75) is 33.2 Å². The molecule has 0 bridgehead atoms. The van der Waals surface area contributed by atoms with Crippen LogP contribution in [0.5, 0.6) is 0 Å². The number of carbonyl (C=O) groups is 1. The molecule has 2 N–H and O–H groups in total. The van der Waals surface area contributed by atoms with E-state index in [0.29, 0.717) is 30.4 Å². The quantitative estimate of drug-likeness (QED) is 0.870. The molecule has 4 nitrogen and oxygen atoms in total. The van der Waals surface area contributed by atoms with Crippen LogP contribution in [0.25, 0.3) is 0 Å². The molecular formula is C16H24FN3O. The molecule has 21 heavy (non-hydrogen) atoms. The summed E-state index contributed by atoms with van der Waals surface area (Å²) in [7, 11) is 0. The fourth-order valence-corrected chi connectivity index (χ4v) is 2.75. The largest absolute Gasteiger partial charge is 0.399 e. The fraction of sp³-hybridized carbons (Fsp3) is 0.562. The first-order valence-corrected chi connectivity index (χ1v) is 7.53. The van der Waals surface area contributed by atoms with Crippen LogP contribution in [-0.2, 0) is 0 Å². The molecule has 1 saturated heterocycles. The lowest BCUT2D eigenvalue weighted by atomic mass is 10.1. The van der Waals surface area contributed by atoms with Crippen molar-refractivity contribution in [3.05, 3.63) is 29.1 Å². The number of rotatable bonds is 3. The molecular weight excluding hydrogens is 269 g/mol. The van der Waals surface area contributed by atoms with Gasteiger partial charge in [0.25, 0.3) is 5.91 Å². The third kappa shape index (κ3) is 3.35. The van der Waals surface area contributed by atoms with Crippen molar-refractivity contribution in [2.24, 2.45) is 0 Å². The molecule has 0 aliphatic carbocycles. The molecule has 0 radical (unpaired) electrons. The Morgan fingerprint density at radius 3 is 2.52 bits per heavy atom. The van der Waals surface area contributed by atoms with Gasteiger partial charge >= 0.3 is 0 Å². The van der Waals surface area contributed by atoms with Gasteiger partial charge in [-0.05, 0) is 38.0 Å².